The lowest BCUT2D eigenvalue weighted by Crippen LogP contribution is -2.15. The van der Waals surface area contributed by atoms with Crippen LogP contribution in [-0.2, 0) is 16.1 Å². The maximum absolute atomic E-state index is 12.0. The van der Waals surface area contributed by atoms with Gasteiger partial charge in [-0.2, -0.15) is 9.98 Å². The lowest BCUT2D eigenvalue weighted by molar-refractivity contribution is 0.181. The van der Waals surface area contributed by atoms with E-state index in [1.165, 1.54) is 18.9 Å². The topological polar surface area (TPSA) is 118 Å². The average Bonchev–Trinajstić information content (AvgIpc) is 3.32. The highest BCUT2D eigenvalue weighted by Gasteiger charge is 2.20. The Kier molecular flexibility index (Phi) is 8.98. The maximum Gasteiger partial charge on any atom is 0.434 e. The standard InChI is InChI=1S/C24H26N4O6S/c1-14-25-22(28-34-14)15-7-9-18(10-8-15)26-20(23(35-6)27-24(29)33-5)16-11-17(13-30-2)21(32-4)19(12-16)31-3/h7-12H,13H2,1-6H3/b26-20?,27-23-. The third kappa shape index (κ3) is 6.25. The molecule has 0 saturated heterocycles. The van der Waals surface area contributed by atoms with Crippen LogP contribution in [0.1, 0.15) is 17.0 Å². The maximum atomic E-state index is 12.0. The number of amides is 1. The second-order valence-corrected chi connectivity index (χ2v) is 7.83. The SMILES string of the molecule is COCc1cc(C(=Nc2ccc(-c3noc(C)n3)cc2)/C(=N/C(=O)OC)SC)cc(OC)c1OC. The van der Waals surface area contributed by atoms with Gasteiger partial charge in [0.15, 0.2) is 11.5 Å². The molecule has 10 nitrogen and oxygen atoms in total. The van der Waals surface area contributed by atoms with Crippen molar-refractivity contribution in [3.8, 4) is 22.9 Å². The predicted octanol–water partition coefficient (Wildman–Crippen LogP) is 4.86. The molecule has 1 aromatic heterocycles. The van der Waals surface area contributed by atoms with Gasteiger partial charge in [-0.15, -0.1) is 11.8 Å². The molecule has 0 aliphatic rings. The Morgan fingerprint density at radius 3 is 2.37 bits per heavy atom. The molecule has 0 fully saturated rings. The van der Waals surface area contributed by atoms with Crippen molar-refractivity contribution in [2.45, 2.75) is 13.5 Å². The summed E-state index contributed by atoms with van der Waals surface area (Å²) in [4.78, 5) is 25.1. The van der Waals surface area contributed by atoms with E-state index < -0.39 is 6.09 Å². The van der Waals surface area contributed by atoms with Crippen LogP contribution in [0, 0.1) is 6.92 Å². The van der Waals surface area contributed by atoms with Gasteiger partial charge in [0.05, 0.1) is 33.6 Å². The number of aliphatic imine (C=N–C) groups is 2. The van der Waals surface area contributed by atoms with Gasteiger partial charge in [-0.1, -0.05) is 5.16 Å². The van der Waals surface area contributed by atoms with Crippen molar-refractivity contribution in [2.75, 3.05) is 34.7 Å². The molecule has 0 radical (unpaired) electrons. The van der Waals surface area contributed by atoms with Crippen LogP contribution in [0.25, 0.3) is 11.4 Å². The normalized spacial score (nSPS) is 11.9. The smallest absolute Gasteiger partial charge is 0.434 e. The first kappa shape index (κ1) is 25.9. The Hall–Kier alpha value is -3.70. The van der Waals surface area contributed by atoms with Crippen LogP contribution in [0.15, 0.2) is 50.9 Å². The second-order valence-electron chi connectivity index (χ2n) is 7.04. The zero-order chi connectivity index (χ0) is 25.4. The van der Waals surface area contributed by atoms with E-state index in [0.29, 0.717) is 45.2 Å². The monoisotopic (exact) mass is 498 g/mol. The fourth-order valence-electron chi connectivity index (χ4n) is 3.23. The van der Waals surface area contributed by atoms with Crippen molar-refractivity contribution in [1.29, 1.82) is 0 Å². The van der Waals surface area contributed by atoms with Gasteiger partial charge in [-0.05, 0) is 42.7 Å². The van der Waals surface area contributed by atoms with Gasteiger partial charge < -0.3 is 23.5 Å². The quantitative estimate of drug-likeness (QED) is 0.317. The number of carbonyl (C=O) groups excluding carboxylic acids is 1. The van der Waals surface area contributed by atoms with Crippen LogP contribution in [0.2, 0.25) is 0 Å². The summed E-state index contributed by atoms with van der Waals surface area (Å²) < 4.78 is 26.2. The minimum Gasteiger partial charge on any atom is -0.493 e. The molecule has 0 aliphatic heterocycles. The summed E-state index contributed by atoms with van der Waals surface area (Å²) in [7, 11) is 5.97. The van der Waals surface area contributed by atoms with Gasteiger partial charge in [-0.25, -0.2) is 9.79 Å². The summed E-state index contributed by atoms with van der Waals surface area (Å²) in [5.74, 6) is 2.01. The lowest BCUT2D eigenvalue weighted by Gasteiger charge is -2.16. The van der Waals surface area contributed by atoms with Crippen LogP contribution in [0.5, 0.6) is 11.5 Å². The molecule has 3 rings (SSSR count). The van der Waals surface area contributed by atoms with E-state index >= 15 is 0 Å². The van der Waals surface area contributed by atoms with Crippen LogP contribution < -0.4 is 9.47 Å². The lowest BCUT2D eigenvalue weighted by atomic mass is 10.0. The Balaban J connectivity index is 2.16. The predicted molar refractivity (Wildman–Crippen MR) is 134 cm³/mol. The van der Waals surface area contributed by atoms with Crippen LogP contribution in [0.4, 0.5) is 10.5 Å². The number of ether oxygens (including phenoxy) is 4. The number of rotatable bonds is 8. The molecule has 184 valence electrons. The molecule has 0 N–H and O–H groups in total. The number of aromatic nitrogens is 2. The van der Waals surface area contributed by atoms with Crippen LogP contribution >= 0.6 is 11.8 Å². The van der Waals surface area contributed by atoms with Crippen LogP contribution in [-0.4, -0.2) is 61.7 Å². The van der Waals surface area contributed by atoms with Gasteiger partial charge in [0.25, 0.3) is 0 Å². The van der Waals surface area contributed by atoms with Crippen molar-refractivity contribution in [1.82, 2.24) is 10.1 Å². The molecule has 0 unspecified atom stereocenters. The minimum atomic E-state index is -0.734. The molecule has 0 saturated carbocycles. The van der Waals surface area contributed by atoms with E-state index in [9.17, 15) is 4.79 Å². The van der Waals surface area contributed by atoms with Gasteiger partial charge in [0, 0.05) is 30.7 Å². The molecule has 0 aliphatic carbocycles. The van der Waals surface area contributed by atoms with Crippen molar-refractivity contribution in [3.63, 3.8) is 0 Å². The van der Waals surface area contributed by atoms with E-state index in [2.05, 4.69) is 15.1 Å². The zero-order valence-electron chi connectivity index (χ0n) is 20.3. The summed E-state index contributed by atoms with van der Waals surface area (Å²) in [5.41, 5.74) is 3.26. The number of carbonyl (C=O) groups is 1. The molecule has 2 aromatic carbocycles. The average molecular weight is 499 g/mol. The molecule has 0 bridgehead atoms. The summed E-state index contributed by atoms with van der Waals surface area (Å²) in [6.07, 6.45) is 1.07. The van der Waals surface area contributed by atoms with Crippen molar-refractivity contribution < 1.29 is 28.3 Å². The van der Waals surface area contributed by atoms with Gasteiger partial charge in [0.1, 0.15) is 10.8 Å². The summed E-state index contributed by atoms with van der Waals surface area (Å²) in [6.45, 7) is 2.01. The Bertz CT molecular complexity index is 1240. The zero-order valence-corrected chi connectivity index (χ0v) is 21.1. The fraction of sp³-hybridized carbons (Fsp3) is 0.292. The molecular formula is C24H26N4O6S. The van der Waals surface area contributed by atoms with E-state index in [1.807, 2.05) is 30.3 Å². The summed E-state index contributed by atoms with van der Waals surface area (Å²) in [5, 5.41) is 4.30. The molecular weight excluding hydrogens is 472 g/mol. The van der Waals surface area contributed by atoms with Crippen molar-refractivity contribution >= 4 is 34.3 Å². The Morgan fingerprint density at radius 2 is 1.83 bits per heavy atom. The number of methoxy groups -OCH3 is 4. The molecule has 0 spiro atoms. The van der Waals surface area contributed by atoms with Crippen LogP contribution in [0.3, 0.4) is 0 Å². The van der Waals surface area contributed by atoms with E-state index in [-0.39, 0.29) is 6.61 Å². The minimum absolute atomic E-state index is 0.280. The largest absolute Gasteiger partial charge is 0.493 e. The second kappa shape index (κ2) is 12.1. The number of nitrogens with zero attached hydrogens (tertiary/aromatic N) is 4. The van der Waals surface area contributed by atoms with E-state index in [4.69, 9.17) is 28.5 Å². The first-order valence-electron chi connectivity index (χ1n) is 10.4. The van der Waals surface area contributed by atoms with Crippen molar-refractivity contribution in [2.24, 2.45) is 9.98 Å². The number of thioether (sulfide) groups is 1. The van der Waals surface area contributed by atoms with E-state index in [0.717, 1.165) is 11.1 Å². The molecule has 0 atom stereocenters. The molecule has 1 heterocycles. The number of benzene rings is 2. The number of hydrogen-bond acceptors (Lipinski definition) is 10. The third-order valence-corrected chi connectivity index (χ3v) is 5.46. The first-order chi connectivity index (χ1) is 16.9. The molecule has 1 amide bonds. The first-order valence-corrected chi connectivity index (χ1v) is 11.6. The van der Waals surface area contributed by atoms with Crippen molar-refractivity contribution in [3.05, 3.63) is 53.4 Å². The van der Waals surface area contributed by atoms with Gasteiger partial charge in [-0.3, -0.25) is 0 Å². The van der Waals surface area contributed by atoms with E-state index in [1.54, 1.807) is 40.6 Å². The van der Waals surface area contributed by atoms with Gasteiger partial charge >= 0.3 is 6.09 Å². The molecule has 35 heavy (non-hydrogen) atoms. The van der Waals surface area contributed by atoms with Gasteiger partial charge in [0.2, 0.25) is 11.7 Å². The summed E-state index contributed by atoms with van der Waals surface area (Å²) in [6, 6.07) is 10.9. The fourth-order valence-corrected chi connectivity index (χ4v) is 3.76. The molecule has 11 heteroatoms. The third-order valence-electron chi connectivity index (χ3n) is 4.79. The highest BCUT2D eigenvalue weighted by atomic mass is 32.2. The Labute approximate surface area is 207 Å². The number of hydrogen-bond donors (Lipinski definition) is 0. The summed E-state index contributed by atoms with van der Waals surface area (Å²) >= 11 is 1.26. The molecule has 3 aromatic rings. The number of aryl methyl sites for hydroxylation is 1. The highest BCUT2D eigenvalue weighted by molar-refractivity contribution is 8.15. The highest BCUT2D eigenvalue weighted by Crippen LogP contribution is 2.34. The Morgan fingerprint density at radius 1 is 1.09 bits per heavy atom.